The van der Waals surface area contributed by atoms with Crippen LogP contribution in [0.15, 0.2) is 57.9 Å². The lowest BCUT2D eigenvalue weighted by atomic mass is 9.98. The van der Waals surface area contributed by atoms with Crippen LogP contribution in [0.4, 0.5) is 14.5 Å². The number of hydrogen-bond acceptors (Lipinski definition) is 5. The van der Waals surface area contributed by atoms with Gasteiger partial charge in [-0.05, 0) is 62.7 Å². The van der Waals surface area contributed by atoms with Crippen LogP contribution in [-0.2, 0) is 0 Å². The van der Waals surface area contributed by atoms with Gasteiger partial charge in [-0.25, -0.2) is 18.6 Å². The summed E-state index contributed by atoms with van der Waals surface area (Å²) in [6.45, 7) is 5.20. The molecule has 0 bridgehead atoms. The number of carboxylic acid groups (broad SMARTS) is 1. The second kappa shape index (κ2) is 8.46. The lowest BCUT2D eigenvalue weighted by Crippen LogP contribution is -2.14. The molecule has 0 aliphatic heterocycles. The van der Waals surface area contributed by atoms with E-state index in [0.717, 1.165) is 17.7 Å². The van der Waals surface area contributed by atoms with Gasteiger partial charge in [0, 0.05) is 22.9 Å². The number of carbonyl (C=O) groups is 1. The molecule has 2 aromatic carbocycles. The molecular formula is C25H20F2N2O4. The highest BCUT2D eigenvalue weighted by Gasteiger charge is 2.21. The minimum Gasteiger partial charge on any atom is -0.476 e. The van der Waals surface area contributed by atoms with Crippen LogP contribution in [0, 0.1) is 25.5 Å². The molecule has 4 aromatic rings. The summed E-state index contributed by atoms with van der Waals surface area (Å²) in [5.41, 5.74) is 2.07. The molecule has 2 heterocycles. The van der Waals surface area contributed by atoms with Crippen LogP contribution in [0.25, 0.3) is 22.3 Å². The maximum absolute atomic E-state index is 13.9. The van der Waals surface area contributed by atoms with Crippen LogP contribution >= 0.6 is 0 Å². The summed E-state index contributed by atoms with van der Waals surface area (Å²) >= 11 is 0. The van der Waals surface area contributed by atoms with Gasteiger partial charge in [0.15, 0.2) is 22.8 Å². The summed E-state index contributed by atoms with van der Waals surface area (Å²) in [5.74, 6) is -3.09. The molecule has 168 valence electrons. The zero-order chi connectivity index (χ0) is 23.9. The minimum atomic E-state index is -1.18. The minimum absolute atomic E-state index is 0.135. The fourth-order valence-corrected chi connectivity index (χ4v) is 3.81. The molecule has 0 fully saturated rings. The van der Waals surface area contributed by atoms with E-state index in [9.17, 15) is 23.5 Å². The van der Waals surface area contributed by atoms with Crippen molar-refractivity contribution >= 4 is 22.6 Å². The highest BCUT2D eigenvalue weighted by molar-refractivity contribution is 5.92. The molecule has 0 saturated carbocycles. The normalized spacial score (nSPS) is 12.0. The first-order valence-electron chi connectivity index (χ1n) is 10.2. The number of aromatic carboxylic acids is 1. The summed E-state index contributed by atoms with van der Waals surface area (Å²) < 4.78 is 33.4. The average Bonchev–Trinajstić information content (AvgIpc) is 2.78. The average molecular weight is 450 g/mol. The second-order valence-electron chi connectivity index (χ2n) is 7.82. The third-order valence-corrected chi connectivity index (χ3v) is 5.42. The van der Waals surface area contributed by atoms with Gasteiger partial charge in [-0.1, -0.05) is 6.07 Å². The number of nitrogens with zero attached hydrogens (tertiary/aromatic N) is 1. The van der Waals surface area contributed by atoms with Gasteiger partial charge in [0.2, 0.25) is 0 Å². The van der Waals surface area contributed by atoms with Gasteiger partial charge in [0.25, 0.3) is 0 Å². The Bertz CT molecular complexity index is 1460. The maximum atomic E-state index is 13.9. The Labute approximate surface area is 187 Å². The summed E-state index contributed by atoms with van der Waals surface area (Å²) in [5, 5.41) is 12.9. The zero-order valence-corrected chi connectivity index (χ0v) is 18.1. The first kappa shape index (κ1) is 22.1. The van der Waals surface area contributed by atoms with Gasteiger partial charge < -0.3 is 14.8 Å². The van der Waals surface area contributed by atoms with Crippen molar-refractivity contribution in [3.05, 3.63) is 92.9 Å². The van der Waals surface area contributed by atoms with Gasteiger partial charge >= 0.3 is 5.97 Å². The SMILES string of the molecule is Cc1cc([C@@H](C)Nc2cccnc2C(=O)O)c2oc(-c3ccc(F)c(F)c3)c(C)c(=O)c2c1. The molecule has 4 rings (SSSR count). The topological polar surface area (TPSA) is 92.4 Å². The molecule has 6 nitrogen and oxygen atoms in total. The molecule has 1 atom stereocenters. The fraction of sp³-hybridized carbons (Fsp3) is 0.160. The molecule has 0 aliphatic rings. The van der Waals surface area contributed by atoms with Gasteiger partial charge in [-0.2, -0.15) is 0 Å². The Morgan fingerprint density at radius 3 is 2.58 bits per heavy atom. The second-order valence-corrected chi connectivity index (χ2v) is 7.82. The van der Waals surface area contributed by atoms with Crippen molar-refractivity contribution in [3.8, 4) is 11.3 Å². The van der Waals surface area contributed by atoms with Crippen LogP contribution in [0.5, 0.6) is 0 Å². The molecular weight excluding hydrogens is 430 g/mol. The summed E-state index contributed by atoms with van der Waals surface area (Å²) in [6, 6.07) is 9.56. The number of fused-ring (bicyclic) bond motifs is 1. The maximum Gasteiger partial charge on any atom is 0.356 e. The van der Waals surface area contributed by atoms with E-state index in [2.05, 4.69) is 10.3 Å². The number of halogens is 2. The third-order valence-electron chi connectivity index (χ3n) is 5.42. The van der Waals surface area contributed by atoms with E-state index in [0.29, 0.717) is 16.6 Å². The Morgan fingerprint density at radius 1 is 1.12 bits per heavy atom. The number of aromatic nitrogens is 1. The first-order chi connectivity index (χ1) is 15.7. The molecule has 0 spiro atoms. The number of carboxylic acids is 1. The monoisotopic (exact) mass is 450 g/mol. The molecule has 0 aliphatic carbocycles. The molecule has 0 radical (unpaired) electrons. The zero-order valence-electron chi connectivity index (χ0n) is 18.1. The quantitative estimate of drug-likeness (QED) is 0.410. The number of pyridine rings is 1. The van der Waals surface area contributed by atoms with Gasteiger partial charge in [-0.15, -0.1) is 0 Å². The fourth-order valence-electron chi connectivity index (χ4n) is 3.81. The lowest BCUT2D eigenvalue weighted by Gasteiger charge is -2.19. The van der Waals surface area contributed by atoms with Crippen molar-refractivity contribution < 1.29 is 23.1 Å². The van der Waals surface area contributed by atoms with Gasteiger partial charge in [0.1, 0.15) is 11.3 Å². The lowest BCUT2D eigenvalue weighted by molar-refractivity contribution is 0.0691. The van der Waals surface area contributed by atoms with E-state index in [1.54, 1.807) is 32.0 Å². The number of nitrogens with one attached hydrogen (secondary N) is 1. The van der Waals surface area contributed by atoms with Crippen molar-refractivity contribution in [1.29, 1.82) is 0 Å². The number of aryl methyl sites for hydroxylation is 1. The van der Waals surface area contributed by atoms with Crippen LogP contribution in [-0.4, -0.2) is 16.1 Å². The molecule has 2 N–H and O–H groups in total. The molecule has 0 saturated heterocycles. The van der Waals surface area contributed by atoms with E-state index in [1.165, 1.54) is 12.3 Å². The summed E-state index contributed by atoms with van der Waals surface area (Å²) in [4.78, 5) is 28.6. The van der Waals surface area contributed by atoms with Crippen LogP contribution in [0.1, 0.15) is 40.1 Å². The van der Waals surface area contributed by atoms with Gasteiger partial charge in [-0.3, -0.25) is 4.79 Å². The number of anilines is 1. The first-order valence-corrected chi connectivity index (χ1v) is 10.2. The molecule has 8 heteroatoms. The number of benzene rings is 2. The van der Waals surface area contributed by atoms with E-state index in [4.69, 9.17) is 4.42 Å². The highest BCUT2D eigenvalue weighted by Crippen LogP contribution is 2.32. The Balaban J connectivity index is 1.90. The summed E-state index contributed by atoms with van der Waals surface area (Å²) in [6.07, 6.45) is 1.39. The highest BCUT2D eigenvalue weighted by atomic mass is 19.2. The predicted molar refractivity (Wildman–Crippen MR) is 121 cm³/mol. The Hall–Kier alpha value is -4.07. The predicted octanol–water partition coefficient (Wildman–Crippen LogP) is 5.62. The molecule has 0 unspecified atom stereocenters. The largest absolute Gasteiger partial charge is 0.476 e. The van der Waals surface area contributed by atoms with Crippen molar-refractivity contribution in [2.45, 2.75) is 26.8 Å². The molecule has 2 aromatic heterocycles. The van der Waals surface area contributed by atoms with Gasteiger partial charge in [0.05, 0.1) is 17.1 Å². The third kappa shape index (κ3) is 4.07. The van der Waals surface area contributed by atoms with E-state index in [-0.39, 0.29) is 33.6 Å². The number of rotatable bonds is 5. The smallest absolute Gasteiger partial charge is 0.356 e. The van der Waals surface area contributed by atoms with E-state index < -0.39 is 23.6 Å². The van der Waals surface area contributed by atoms with E-state index >= 15 is 0 Å². The van der Waals surface area contributed by atoms with Crippen LogP contribution in [0.3, 0.4) is 0 Å². The summed E-state index contributed by atoms with van der Waals surface area (Å²) in [7, 11) is 0. The Kier molecular flexibility index (Phi) is 5.68. The molecule has 0 amide bonds. The van der Waals surface area contributed by atoms with Crippen LogP contribution in [0.2, 0.25) is 0 Å². The van der Waals surface area contributed by atoms with Crippen molar-refractivity contribution in [2.75, 3.05) is 5.32 Å². The van der Waals surface area contributed by atoms with Crippen LogP contribution < -0.4 is 10.7 Å². The van der Waals surface area contributed by atoms with Crippen molar-refractivity contribution in [3.63, 3.8) is 0 Å². The van der Waals surface area contributed by atoms with Crippen molar-refractivity contribution in [2.24, 2.45) is 0 Å². The molecule has 33 heavy (non-hydrogen) atoms. The van der Waals surface area contributed by atoms with Crippen molar-refractivity contribution in [1.82, 2.24) is 4.98 Å². The standard InChI is InChI=1S/C25H20F2N2O4/c1-12-9-16(14(3)29-20-5-4-8-28-21(20)25(31)32)24-17(10-12)22(30)13(2)23(33-24)15-6-7-18(26)19(27)11-15/h4-11,14,29H,1-3H3,(H,31,32)/t14-/m1/s1. The number of hydrogen-bond donors (Lipinski definition) is 2. The van der Waals surface area contributed by atoms with E-state index in [1.807, 2.05) is 13.0 Å². The Morgan fingerprint density at radius 2 is 1.88 bits per heavy atom.